The smallest absolute Gasteiger partial charge is 0.340 e. The average Bonchev–Trinajstić information content (AvgIpc) is 2.61. The SMILES string of the molecule is Cc1c(CC(=O)NCc2ccccn2)c(=O)oc2c(O)c(O)ccc12. The van der Waals surface area contributed by atoms with Gasteiger partial charge in [0.2, 0.25) is 11.7 Å². The minimum atomic E-state index is -0.723. The first-order valence-electron chi connectivity index (χ1n) is 7.61. The van der Waals surface area contributed by atoms with Gasteiger partial charge in [-0.05, 0) is 36.8 Å². The highest BCUT2D eigenvalue weighted by molar-refractivity contribution is 5.89. The van der Waals surface area contributed by atoms with Gasteiger partial charge in [0.1, 0.15) is 0 Å². The molecule has 25 heavy (non-hydrogen) atoms. The normalized spacial score (nSPS) is 10.8. The van der Waals surface area contributed by atoms with Crippen LogP contribution in [0.4, 0.5) is 0 Å². The van der Waals surface area contributed by atoms with Crippen LogP contribution in [0.1, 0.15) is 16.8 Å². The van der Waals surface area contributed by atoms with Crippen LogP contribution >= 0.6 is 0 Å². The molecule has 0 fully saturated rings. The van der Waals surface area contributed by atoms with E-state index >= 15 is 0 Å². The summed E-state index contributed by atoms with van der Waals surface area (Å²) in [5.41, 5.74) is 0.614. The second-order valence-corrected chi connectivity index (χ2v) is 5.58. The van der Waals surface area contributed by atoms with Crippen molar-refractivity contribution in [1.29, 1.82) is 0 Å². The monoisotopic (exact) mass is 340 g/mol. The zero-order valence-corrected chi connectivity index (χ0v) is 13.4. The quantitative estimate of drug-likeness (QED) is 0.493. The van der Waals surface area contributed by atoms with Crippen LogP contribution in [-0.2, 0) is 17.8 Å². The molecule has 3 N–H and O–H groups in total. The number of nitrogens with zero attached hydrogens (tertiary/aromatic N) is 1. The summed E-state index contributed by atoms with van der Waals surface area (Å²) in [6, 6.07) is 8.21. The fraction of sp³-hybridized carbons (Fsp3) is 0.167. The minimum absolute atomic E-state index is 0.0971. The van der Waals surface area contributed by atoms with Gasteiger partial charge in [-0.3, -0.25) is 9.78 Å². The van der Waals surface area contributed by atoms with Crippen molar-refractivity contribution in [2.24, 2.45) is 0 Å². The molecular weight excluding hydrogens is 324 g/mol. The van der Waals surface area contributed by atoms with Gasteiger partial charge in [-0.15, -0.1) is 0 Å². The molecule has 0 spiro atoms. The molecule has 3 rings (SSSR count). The van der Waals surface area contributed by atoms with Gasteiger partial charge in [-0.1, -0.05) is 6.07 Å². The molecule has 2 aromatic heterocycles. The van der Waals surface area contributed by atoms with E-state index in [2.05, 4.69) is 10.3 Å². The van der Waals surface area contributed by atoms with Crippen LogP contribution < -0.4 is 10.9 Å². The second kappa shape index (κ2) is 6.64. The third-order valence-electron chi connectivity index (χ3n) is 3.94. The first kappa shape index (κ1) is 16.5. The number of fused-ring (bicyclic) bond motifs is 1. The Morgan fingerprint density at radius 2 is 2.04 bits per heavy atom. The van der Waals surface area contributed by atoms with Crippen molar-refractivity contribution in [2.45, 2.75) is 19.9 Å². The van der Waals surface area contributed by atoms with E-state index < -0.39 is 11.4 Å². The molecule has 0 aliphatic carbocycles. The summed E-state index contributed by atoms with van der Waals surface area (Å²) in [4.78, 5) is 28.4. The van der Waals surface area contributed by atoms with Gasteiger partial charge >= 0.3 is 5.63 Å². The Bertz CT molecular complexity index is 996. The number of nitrogens with one attached hydrogen (secondary N) is 1. The maximum Gasteiger partial charge on any atom is 0.340 e. The lowest BCUT2D eigenvalue weighted by Gasteiger charge is -2.09. The number of aromatic hydroxyl groups is 2. The fourth-order valence-electron chi connectivity index (χ4n) is 2.55. The highest BCUT2D eigenvalue weighted by Crippen LogP contribution is 2.34. The maximum absolute atomic E-state index is 12.2. The highest BCUT2D eigenvalue weighted by Gasteiger charge is 2.18. The van der Waals surface area contributed by atoms with E-state index in [-0.39, 0.29) is 35.8 Å². The van der Waals surface area contributed by atoms with Crippen molar-refractivity contribution in [3.8, 4) is 11.5 Å². The van der Waals surface area contributed by atoms with Crippen LogP contribution in [0.3, 0.4) is 0 Å². The molecule has 0 bridgehead atoms. The molecule has 2 heterocycles. The summed E-state index contributed by atoms with van der Waals surface area (Å²) in [5.74, 6) is -1.22. The number of pyridine rings is 1. The van der Waals surface area contributed by atoms with Gasteiger partial charge < -0.3 is 19.9 Å². The summed E-state index contributed by atoms with van der Waals surface area (Å²) in [5, 5.41) is 22.5. The van der Waals surface area contributed by atoms with Gasteiger partial charge in [0.05, 0.1) is 24.2 Å². The Hall–Kier alpha value is -3.35. The molecule has 7 heteroatoms. The summed E-state index contributed by atoms with van der Waals surface area (Å²) in [7, 11) is 0. The Labute approximate surface area is 142 Å². The number of carbonyl (C=O) groups excluding carboxylic acids is 1. The lowest BCUT2D eigenvalue weighted by Crippen LogP contribution is -2.27. The molecule has 3 aromatic rings. The first-order chi connectivity index (χ1) is 12.0. The largest absolute Gasteiger partial charge is 0.504 e. The zero-order chi connectivity index (χ0) is 18.0. The Balaban J connectivity index is 1.85. The molecule has 0 unspecified atom stereocenters. The topological polar surface area (TPSA) is 113 Å². The standard InChI is InChI=1S/C18H16N2O5/c1-10-12-5-6-14(21)16(23)17(12)25-18(24)13(10)8-15(22)20-9-11-4-2-3-7-19-11/h2-7,21,23H,8-9H2,1H3,(H,20,22). The molecule has 0 saturated heterocycles. The lowest BCUT2D eigenvalue weighted by molar-refractivity contribution is -0.120. The molecular formula is C18H16N2O5. The van der Waals surface area contributed by atoms with Gasteiger partial charge in [0.25, 0.3) is 0 Å². The number of hydrogen-bond acceptors (Lipinski definition) is 6. The Kier molecular flexibility index (Phi) is 4.38. The molecule has 0 radical (unpaired) electrons. The van der Waals surface area contributed by atoms with Crippen LogP contribution in [0.25, 0.3) is 11.0 Å². The van der Waals surface area contributed by atoms with Gasteiger partial charge in [0, 0.05) is 11.6 Å². The molecule has 0 saturated carbocycles. The van der Waals surface area contributed by atoms with E-state index in [0.29, 0.717) is 16.6 Å². The van der Waals surface area contributed by atoms with Crippen molar-refractivity contribution < 1.29 is 19.4 Å². The number of benzene rings is 1. The third kappa shape index (κ3) is 3.30. The fourth-order valence-corrected chi connectivity index (χ4v) is 2.55. The summed E-state index contributed by atoms with van der Waals surface area (Å²) >= 11 is 0. The Morgan fingerprint density at radius 1 is 1.24 bits per heavy atom. The first-order valence-corrected chi connectivity index (χ1v) is 7.61. The van der Waals surface area contributed by atoms with Crippen molar-refractivity contribution >= 4 is 16.9 Å². The summed E-state index contributed by atoms with van der Waals surface area (Å²) in [6.45, 7) is 1.92. The number of rotatable bonds is 4. The molecule has 1 aromatic carbocycles. The van der Waals surface area contributed by atoms with Gasteiger partial charge in [-0.25, -0.2) is 4.79 Å². The van der Waals surface area contributed by atoms with Crippen LogP contribution in [0.2, 0.25) is 0 Å². The van der Waals surface area contributed by atoms with E-state index in [0.717, 1.165) is 0 Å². The molecule has 7 nitrogen and oxygen atoms in total. The van der Waals surface area contributed by atoms with Crippen molar-refractivity contribution in [1.82, 2.24) is 10.3 Å². The van der Waals surface area contributed by atoms with Gasteiger partial charge in [0.15, 0.2) is 11.3 Å². The van der Waals surface area contributed by atoms with Crippen LogP contribution in [0, 0.1) is 6.92 Å². The van der Waals surface area contributed by atoms with E-state index in [1.165, 1.54) is 12.1 Å². The number of amides is 1. The lowest BCUT2D eigenvalue weighted by atomic mass is 10.0. The number of phenolic OH excluding ortho intramolecular Hbond substituents is 2. The van der Waals surface area contributed by atoms with Crippen molar-refractivity contribution in [3.63, 3.8) is 0 Å². The molecule has 1 amide bonds. The minimum Gasteiger partial charge on any atom is -0.504 e. The maximum atomic E-state index is 12.2. The molecule has 0 atom stereocenters. The van der Waals surface area contributed by atoms with Crippen LogP contribution in [0.15, 0.2) is 45.7 Å². The number of hydrogen-bond donors (Lipinski definition) is 3. The zero-order valence-electron chi connectivity index (χ0n) is 13.4. The van der Waals surface area contributed by atoms with Crippen molar-refractivity contribution in [2.75, 3.05) is 0 Å². The number of phenols is 2. The van der Waals surface area contributed by atoms with Crippen molar-refractivity contribution in [3.05, 3.63) is 63.8 Å². The van der Waals surface area contributed by atoms with Gasteiger partial charge in [-0.2, -0.15) is 0 Å². The summed E-state index contributed by atoms with van der Waals surface area (Å²) < 4.78 is 5.09. The third-order valence-corrected chi connectivity index (χ3v) is 3.94. The van der Waals surface area contributed by atoms with E-state index in [9.17, 15) is 19.8 Å². The van der Waals surface area contributed by atoms with E-state index in [4.69, 9.17) is 4.42 Å². The van der Waals surface area contributed by atoms with Crippen LogP contribution in [-0.4, -0.2) is 21.1 Å². The highest BCUT2D eigenvalue weighted by atomic mass is 16.4. The predicted molar refractivity (Wildman–Crippen MR) is 90.3 cm³/mol. The van der Waals surface area contributed by atoms with E-state index in [1.54, 1.807) is 25.3 Å². The predicted octanol–water partition coefficient (Wildman–Crippen LogP) is 1.77. The Morgan fingerprint density at radius 3 is 2.76 bits per heavy atom. The number of aromatic nitrogens is 1. The molecule has 128 valence electrons. The number of carbonyl (C=O) groups is 1. The van der Waals surface area contributed by atoms with Crippen LogP contribution in [0.5, 0.6) is 11.5 Å². The number of aryl methyl sites for hydroxylation is 1. The molecule has 0 aliphatic heterocycles. The second-order valence-electron chi connectivity index (χ2n) is 5.58. The average molecular weight is 340 g/mol. The summed E-state index contributed by atoms with van der Waals surface area (Å²) in [6.07, 6.45) is 1.48. The molecule has 0 aliphatic rings. The van der Waals surface area contributed by atoms with E-state index in [1.807, 2.05) is 6.07 Å².